The van der Waals surface area contributed by atoms with Crippen LogP contribution in [-0.2, 0) is 17.8 Å². The molecule has 0 fully saturated rings. The molecule has 0 saturated carbocycles. The van der Waals surface area contributed by atoms with Gasteiger partial charge in [-0.15, -0.1) is 0 Å². The number of hydrogen-bond donors (Lipinski definition) is 3. The molecule has 0 bridgehead atoms. The first-order chi connectivity index (χ1) is 12.8. The van der Waals surface area contributed by atoms with E-state index in [1.54, 1.807) is 0 Å². The van der Waals surface area contributed by atoms with Gasteiger partial charge in [-0.1, -0.05) is 37.3 Å². The second kappa shape index (κ2) is 9.73. The van der Waals surface area contributed by atoms with Gasteiger partial charge in [0.1, 0.15) is 0 Å². The Morgan fingerprint density at radius 2 is 1.67 bits per heavy atom. The quantitative estimate of drug-likeness (QED) is 0.518. The minimum absolute atomic E-state index is 0.102. The molecule has 0 atom stereocenters. The fourth-order valence-electron chi connectivity index (χ4n) is 2.44. The molecule has 2 aromatic carbocycles. The van der Waals surface area contributed by atoms with Crippen LogP contribution in [0.25, 0.3) is 0 Å². The number of anilines is 1. The smallest absolute Gasteiger partial charge is 0.319 e. The average molecular weight is 479 g/mol. The molecule has 3 N–H and O–H groups in total. The highest BCUT2D eigenvalue weighted by Gasteiger charge is 2.28. The first-order valence-corrected chi connectivity index (χ1v) is 10.0. The zero-order valence-corrected chi connectivity index (χ0v) is 18.1. The number of hydrogen-bond acceptors (Lipinski definition) is 2. The number of halogens is 1. The molecule has 0 aromatic heterocycles. The van der Waals surface area contributed by atoms with E-state index in [1.807, 2.05) is 62.4 Å². The molecular weight excluding hydrogens is 453 g/mol. The molecule has 0 unspecified atom stereocenters. The second-order valence-electron chi connectivity index (χ2n) is 7.02. The number of benzene rings is 2. The molecule has 0 radical (unpaired) electrons. The van der Waals surface area contributed by atoms with Crippen molar-refractivity contribution in [3.8, 4) is 0 Å². The molecule has 0 spiro atoms. The molecule has 5 nitrogen and oxygen atoms in total. The maximum absolute atomic E-state index is 12.5. The van der Waals surface area contributed by atoms with Crippen LogP contribution in [0.1, 0.15) is 31.9 Å². The molecule has 144 valence electrons. The molecule has 2 aromatic rings. The number of rotatable bonds is 7. The predicted octanol–water partition coefficient (Wildman–Crippen LogP) is 4.32. The minimum Gasteiger partial charge on any atom is -0.351 e. The van der Waals surface area contributed by atoms with Gasteiger partial charge in [0.05, 0.1) is 5.41 Å². The molecule has 0 aliphatic rings. The van der Waals surface area contributed by atoms with E-state index >= 15 is 0 Å². The topological polar surface area (TPSA) is 70.2 Å². The van der Waals surface area contributed by atoms with Crippen molar-refractivity contribution in [1.82, 2.24) is 10.6 Å². The third-order valence-electron chi connectivity index (χ3n) is 4.32. The number of carbonyl (C=O) groups is 2. The largest absolute Gasteiger partial charge is 0.351 e. The maximum Gasteiger partial charge on any atom is 0.319 e. The van der Waals surface area contributed by atoms with Crippen LogP contribution in [0.3, 0.4) is 0 Å². The van der Waals surface area contributed by atoms with Gasteiger partial charge in [-0.3, -0.25) is 4.79 Å². The van der Waals surface area contributed by atoms with Gasteiger partial charge in [-0.25, -0.2) is 4.79 Å². The molecule has 0 saturated heterocycles. The van der Waals surface area contributed by atoms with Crippen LogP contribution in [0.5, 0.6) is 0 Å². The van der Waals surface area contributed by atoms with Crippen molar-refractivity contribution in [2.24, 2.45) is 5.41 Å². The van der Waals surface area contributed by atoms with Crippen LogP contribution in [0.2, 0.25) is 0 Å². The number of carbonyl (C=O) groups excluding carboxylic acids is 2. The summed E-state index contributed by atoms with van der Waals surface area (Å²) in [5.74, 6) is -0.102. The van der Waals surface area contributed by atoms with E-state index in [4.69, 9.17) is 0 Å². The molecule has 6 heteroatoms. The Balaban J connectivity index is 1.82. The van der Waals surface area contributed by atoms with Crippen molar-refractivity contribution in [2.75, 3.05) is 11.9 Å². The predicted molar refractivity (Wildman–Crippen MR) is 118 cm³/mol. The van der Waals surface area contributed by atoms with Crippen LogP contribution in [-0.4, -0.2) is 18.5 Å². The van der Waals surface area contributed by atoms with E-state index in [0.29, 0.717) is 6.54 Å². The SMILES string of the molecule is CCc1ccc(NC(=O)NCC(C)(C)C(=O)NCc2ccccc2I)cc1. The summed E-state index contributed by atoms with van der Waals surface area (Å²) in [6.45, 7) is 6.42. The van der Waals surface area contributed by atoms with E-state index < -0.39 is 5.41 Å². The molecule has 27 heavy (non-hydrogen) atoms. The van der Waals surface area contributed by atoms with Gasteiger partial charge in [0, 0.05) is 22.3 Å². The van der Waals surface area contributed by atoms with Crippen LogP contribution >= 0.6 is 22.6 Å². The summed E-state index contributed by atoms with van der Waals surface area (Å²) in [6, 6.07) is 15.3. The lowest BCUT2D eigenvalue weighted by atomic mass is 9.92. The summed E-state index contributed by atoms with van der Waals surface area (Å²) >= 11 is 2.25. The summed E-state index contributed by atoms with van der Waals surface area (Å²) in [6.07, 6.45) is 0.956. The van der Waals surface area contributed by atoms with E-state index in [1.165, 1.54) is 5.56 Å². The fraction of sp³-hybridized carbons (Fsp3) is 0.333. The van der Waals surface area contributed by atoms with Crippen molar-refractivity contribution in [1.29, 1.82) is 0 Å². The average Bonchev–Trinajstić information content (AvgIpc) is 2.66. The van der Waals surface area contributed by atoms with Crippen molar-refractivity contribution in [3.05, 3.63) is 63.2 Å². The number of nitrogens with one attached hydrogen (secondary N) is 3. The molecule has 0 aliphatic carbocycles. The number of urea groups is 1. The van der Waals surface area contributed by atoms with Gasteiger partial charge < -0.3 is 16.0 Å². The summed E-state index contributed by atoms with van der Waals surface area (Å²) in [5.41, 5.74) is 2.30. The Morgan fingerprint density at radius 1 is 1.00 bits per heavy atom. The lowest BCUT2D eigenvalue weighted by Gasteiger charge is -2.24. The van der Waals surface area contributed by atoms with Gasteiger partial charge in [-0.05, 0) is 72.2 Å². The van der Waals surface area contributed by atoms with E-state index in [2.05, 4.69) is 45.5 Å². The number of aryl methyl sites for hydroxylation is 1. The molecule has 3 amide bonds. The highest BCUT2D eigenvalue weighted by molar-refractivity contribution is 14.1. The van der Waals surface area contributed by atoms with E-state index in [-0.39, 0.29) is 18.5 Å². The molecular formula is C21H26IN3O2. The van der Waals surface area contributed by atoms with Crippen LogP contribution < -0.4 is 16.0 Å². The summed E-state index contributed by atoms with van der Waals surface area (Å²) in [5, 5.41) is 8.52. The second-order valence-corrected chi connectivity index (χ2v) is 8.18. The standard InChI is InChI=1S/C21H26IN3O2/c1-4-15-9-11-17(12-10-15)25-20(27)24-14-21(2,3)19(26)23-13-16-7-5-6-8-18(16)22/h5-12H,4,13-14H2,1-3H3,(H,23,26)(H2,24,25,27). The third-order valence-corrected chi connectivity index (χ3v) is 5.38. The van der Waals surface area contributed by atoms with E-state index in [9.17, 15) is 9.59 Å². The normalized spacial score (nSPS) is 11.0. The minimum atomic E-state index is -0.719. The zero-order valence-electron chi connectivity index (χ0n) is 15.9. The van der Waals surface area contributed by atoms with Gasteiger partial charge in [0.25, 0.3) is 0 Å². The Hall–Kier alpha value is -2.09. The van der Waals surface area contributed by atoms with Gasteiger partial charge in [0.15, 0.2) is 0 Å². The van der Waals surface area contributed by atoms with Crippen LogP contribution in [0.4, 0.5) is 10.5 Å². The highest BCUT2D eigenvalue weighted by atomic mass is 127. The zero-order chi connectivity index (χ0) is 19.9. The van der Waals surface area contributed by atoms with Crippen molar-refractivity contribution < 1.29 is 9.59 Å². The lowest BCUT2D eigenvalue weighted by Crippen LogP contribution is -2.45. The number of amides is 3. The third kappa shape index (κ3) is 6.53. The Labute approximate surface area is 174 Å². The highest BCUT2D eigenvalue weighted by Crippen LogP contribution is 2.16. The van der Waals surface area contributed by atoms with Gasteiger partial charge in [-0.2, -0.15) is 0 Å². The van der Waals surface area contributed by atoms with Crippen LogP contribution in [0.15, 0.2) is 48.5 Å². The van der Waals surface area contributed by atoms with Crippen LogP contribution in [0, 0.1) is 8.99 Å². The Bertz CT molecular complexity index is 788. The van der Waals surface area contributed by atoms with E-state index in [0.717, 1.165) is 21.2 Å². The van der Waals surface area contributed by atoms with Crippen molar-refractivity contribution in [2.45, 2.75) is 33.7 Å². The Morgan fingerprint density at radius 3 is 2.30 bits per heavy atom. The van der Waals surface area contributed by atoms with Crippen molar-refractivity contribution in [3.63, 3.8) is 0 Å². The first kappa shape index (κ1) is 21.2. The monoisotopic (exact) mass is 479 g/mol. The first-order valence-electron chi connectivity index (χ1n) is 8.97. The maximum atomic E-state index is 12.5. The summed E-state index contributed by atoms with van der Waals surface area (Å²) in [4.78, 5) is 24.6. The summed E-state index contributed by atoms with van der Waals surface area (Å²) in [7, 11) is 0. The summed E-state index contributed by atoms with van der Waals surface area (Å²) < 4.78 is 1.11. The molecule has 0 aliphatic heterocycles. The van der Waals surface area contributed by atoms with Gasteiger partial charge in [0.2, 0.25) is 5.91 Å². The molecule has 2 rings (SSSR count). The Kier molecular flexibility index (Phi) is 7.65. The fourth-order valence-corrected chi connectivity index (χ4v) is 3.02. The van der Waals surface area contributed by atoms with Crippen molar-refractivity contribution >= 4 is 40.2 Å². The van der Waals surface area contributed by atoms with Gasteiger partial charge >= 0.3 is 6.03 Å². The lowest BCUT2D eigenvalue weighted by molar-refractivity contribution is -0.129. The molecule has 0 heterocycles.